The number of halogens is 2. The van der Waals surface area contributed by atoms with Crippen LogP contribution in [0.5, 0.6) is 11.8 Å². The lowest BCUT2D eigenvalue weighted by atomic mass is 10.0. The molecule has 2 atom stereocenters. The van der Waals surface area contributed by atoms with E-state index in [2.05, 4.69) is 33.7 Å². The number of benzene rings is 2. The van der Waals surface area contributed by atoms with Crippen molar-refractivity contribution in [2.24, 2.45) is 0 Å². The molecular weight excluding hydrogens is 540 g/mol. The van der Waals surface area contributed by atoms with Crippen LogP contribution in [0.1, 0.15) is 43.1 Å². The Labute approximate surface area is 243 Å². The molecular formula is C31H35F2N7O2. The monoisotopic (exact) mass is 575 g/mol. The summed E-state index contributed by atoms with van der Waals surface area (Å²) in [7, 11) is 2.12. The molecule has 1 N–H and O–H groups in total. The van der Waals surface area contributed by atoms with Crippen LogP contribution in [-0.4, -0.2) is 68.4 Å². The Bertz CT molecular complexity index is 1640. The van der Waals surface area contributed by atoms with Crippen molar-refractivity contribution in [1.82, 2.24) is 24.4 Å². The number of imidazole rings is 1. The van der Waals surface area contributed by atoms with E-state index in [4.69, 9.17) is 14.7 Å². The highest BCUT2D eigenvalue weighted by molar-refractivity contribution is 5.96. The molecule has 0 unspecified atom stereocenters. The van der Waals surface area contributed by atoms with E-state index in [9.17, 15) is 9.50 Å². The lowest BCUT2D eigenvalue weighted by molar-refractivity contribution is 0.119. The van der Waals surface area contributed by atoms with E-state index < -0.39 is 5.95 Å². The number of nitrogens with zero attached hydrogens (tertiary/aromatic N) is 7. The van der Waals surface area contributed by atoms with Gasteiger partial charge in [0.25, 0.3) is 0 Å². The number of fused-ring (bicyclic) bond motifs is 3. The number of aromatic nitrogens is 4. The zero-order valence-corrected chi connectivity index (χ0v) is 23.9. The van der Waals surface area contributed by atoms with E-state index in [1.807, 2.05) is 4.57 Å². The van der Waals surface area contributed by atoms with Gasteiger partial charge < -0.3 is 29.1 Å². The van der Waals surface area contributed by atoms with Crippen molar-refractivity contribution in [3.05, 3.63) is 65.4 Å². The maximum atomic E-state index is 15.1. The number of phenolic OH excluding ortho intramolecular Hbond substituents is 1. The molecule has 0 spiro atoms. The molecule has 0 amide bonds. The zero-order chi connectivity index (χ0) is 29.0. The summed E-state index contributed by atoms with van der Waals surface area (Å²) >= 11 is 0. The Morgan fingerprint density at radius 1 is 1.10 bits per heavy atom. The van der Waals surface area contributed by atoms with Crippen molar-refractivity contribution in [2.75, 3.05) is 36.5 Å². The first-order valence-corrected chi connectivity index (χ1v) is 14.7. The van der Waals surface area contributed by atoms with Crippen molar-refractivity contribution in [3.8, 4) is 11.8 Å². The summed E-state index contributed by atoms with van der Waals surface area (Å²) in [5.41, 5.74) is 2.93. The van der Waals surface area contributed by atoms with Crippen molar-refractivity contribution in [2.45, 2.75) is 64.3 Å². The van der Waals surface area contributed by atoms with Crippen LogP contribution in [0.15, 0.2) is 36.7 Å². The van der Waals surface area contributed by atoms with Crippen LogP contribution >= 0.6 is 0 Å². The van der Waals surface area contributed by atoms with Gasteiger partial charge in [-0.3, -0.25) is 0 Å². The van der Waals surface area contributed by atoms with Crippen LogP contribution < -0.4 is 14.5 Å². The number of aromatic hydroxyl groups is 1. The second kappa shape index (κ2) is 10.7. The number of hydrogen-bond donors (Lipinski definition) is 1. The molecule has 1 fully saturated rings. The normalized spacial score (nSPS) is 21.0. The highest BCUT2D eigenvalue weighted by Crippen LogP contribution is 2.38. The first-order valence-electron chi connectivity index (χ1n) is 14.7. The van der Waals surface area contributed by atoms with Crippen LogP contribution in [0.25, 0.3) is 10.8 Å². The summed E-state index contributed by atoms with van der Waals surface area (Å²) in [6.45, 7) is 5.53. The maximum absolute atomic E-state index is 15.1. The van der Waals surface area contributed by atoms with Gasteiger partial charge in [0.15, 0.2) is 0 Å². The smallest absolute Gasteiger partial charge is 0.318 e. The molecule has 2 aromatic carbocycles. The Hall–Kier alpha value is -3.99. The Balaban J connectivity index is 1.27. The topological polar surface area (TPSA) is 82.8 Å². The summed E-state index contributed by atoms with van der Waals surface area (Å²) in [5.74, 6) is 0.0327. The molecule has 4 aromatic rings. The number of anilines is 2. The van der Waals surface area contributed by atoms with Gasteiger partial charge in [0, 0.05) is 42.2 Å². The summed E-state index contributed by atoms with van der Waals surface area (Å²) in [6.07, 6.45) is 5.58. The SMILES string of the molecule is C[C@@H]1Cn2cnc(F)c2CN1c1nc(OC[C@@H]2CCCCN2C)nc2c1CCN(c1cc(O)cc3cccc(F)c13)C2. The van der Waals surface area contributed by atoms with E-state index in [1.54, 1.807) is 30.6 Å². The number of ether oxygens (including phenoxy) is 1. The molecule has 5 heterocycles. The van der Waals surface area contributed by atoms with Gasteiger partial charge in [0.05, 0.1) is 36.5 Å². The predicted molar refractivity (Wildman–Crippen MR) is 156 cm³/mol. The fraction of sp³-hybridized carbons (Fsp3) is 0.452. The molecule has 7 rings (SSSR count). The summed E-state index contributed by atoms with van der Waals surface area (Å²) in [6, 6.07) is 8.71. The minimum Gasteiger partial charge on any atom is -0.508 e. The number of hydrogen-bond acceptors (Lipinski definition) is 8. The van der Waals surface area contributed by atoms with Crippen molar-refractivity contribution < 1.29 is 18.6 Å². The molecule has 11 heteroatoms. The average Bonchev–Trinajstić information content (AvgIpc) is 3.34. The molecule has 0 aliphatic carbocycles. The minimum atomic E-state index is -0.462. The molecule has 2 aromatic heterocycles. The third-order valence-corrected chi connectivity index (χ3v) is 9.06. The fourth-order valence-corrected chi connectivity index (χ4v) is 6.70. The second-order valence-electron chi connectivity index (χ2n) is 11.8. The van der Waals surface area contributed by atoms with Gasteiger partial charge in [-0.2, -0.15) is 14.4 Å². The van der Waals surface area contributed by atoms with Gasteiger partial charge in [-0.05, 0) is 57.3 Å². The standard InChI is InChI=1S/C31H35F2N7O2/c1-19-14-39-18-34-29(33)27(39)16-40(19)30-23-9-11-38(26-13-22(41)12-20-6-5-8-24(32)28(20)26)15-25(23)35-31(36-30)42-17-21-7-3-4-10-37(21)2/h5-6,8,12-13,18-19,21,41H,3-4,7,9-11,14-17H2,1-2H3/t19-,21+/m1/s1. The second-order valence-corrected chi connectivity index (χ2v) is 11.8. The van der Waals surface area contributed by atoms with Crippen LogP contribution in [0.4, 0.5) is 20.3 Å². The third kappa shape index (κ3) is 4.79. The highest BCUT2D eigenvalue weighted by Gasteiger charge is 2.33. The van der Waals surface area contributed by atoms with Crippen LogP contribution in [0.3, 0.4) is 0 Å². The Morgan fingerprint density at radius 3 is 2.83 bits per heavy atom. The lowest BCUT2D eigenvalue weighted by Gasteiger charge is -2.39. The highest BCUT2D eigenvalue weighted by atomic mass is 19.1. The molecule has 42 heavy (non-hydrogen) atoms. The first-order chi connectivity index (χ1) is 20.4. The van der Waals surface area contributed by atoms with Crippen LogP contribution in [-0.2, 0) is 26.1 Å². The quantitative estimate of drug-likeness (QED) is 0.369. The number of rotatable bonds is 5. The van der Waals surface area contributed by atoms with Gasteiger partial charge in [-0.1, -0.05) is 18.6 Å². The summed E-state index contributed by atoms with van der Waals surface area (Å²) in [4.78, 5) is 20.2. The lowest BCUT2D eigenvalue weighted by Crippen LogP contribution is -2.43. The maximum Gasteiger partial charge on any atom is 0.318 e. The fourth-order valence-electron chi connectivity index (χ4n) is 6.70. The zero-order valence-electron chi connectivity index (χ0n) is 23.9. The molecule has 0 saturated carbocycles. The van der Waals surface area contributed by atoms with Gasteiger partial charge in [-0.25, -0.2) is 9.37 Å². The van der Waals surface area contributed by atoms with Crippen molar-refractivity contribution >= 4 is 22.3 Å². The average molecular weight is 576 g/mol. The summed E-state index contributed by atoms with van der Waals surface area (Å²) in [5, 5.41) is 11.6. The van der Waals surface area contributed by atoms with Crippen LogP contribution in [0, 0.1) is 11.8 Å². The van der Waals surface area contributed by atoms with Crippen LogP contribution in [0.2, 0.25) is 0 Å². The van der Waals surface area contributed by atoms with E-state index in [0.717, 1.165) is 30.0 Å². The largest absolute Gasteiger partial charge is 0.508 e. The van der Waals surface area contributed by atoms with Crippen molar-refractivity contribution in [3.63, 3.8) is 0 Å². The summed E-state index contributed by atoms with van der Waals surface area (Å²) < 4.78 is 37.8. The van der Waals surface area contributed by atoms with Crippen molar-refractivity contribution in [1.29, 1.82) is 0 Å². The van der Waals surface area contributed by atoms with Gasteiger partial charge in [0.2, 0.25) is 5.95 Å². The van der Waals surface area contributed by atoms with E-state index in [0.29, 0.717) is 67.4 Å². The molecule has 3 aliphatic heterocycles. The van der Waals surface area contributed by atoms with Gasteiger partial charge in [-0.15, -0.1) is 0 Å². The van der Waals surface area contributed by atoms with E-state index in [1.165, 1.54) is 18.9 Å². The number of phenols is 1. The Morgan fingerprint density at radius 2 is 1.98 bits per heavy atom. The van der Waals surface area contributed by atoms with E-state index in [-0.39, 0.29) is 23.7 Å². The number of piperidine rings is 1. The van der Waals surface area contributed by atoms with Gasteiger partial charge in [0.1, 0.15) is 24.0 Å². The first kappa shape index (κ1) is 26.9. The number of likely N-dealkylation sites (tertiary alicyclic amines) is 1. The molecule has 1 saturated heterocycles. The molecule has 0 bridgehead atoms. The van der Waals surface area contributed by atoms with Gasteiger partial charge >= 0.3 is 6.01 Å². The molecule has 0 radical (unpaired) electrons. The molecule has 3 aliphatic rings. The molecule has 220 valence electrons. The Kier molecular flexibility index (Phi) is 6.84. The third-order valence-electron chi connectivity index (χ3n) is 9.06. The predicted octanol–water partition coefficient (Wildman–Crippen LogP) is 4.64. The molecule has 9 nitrogen and oxygen atoms in total. The minimum absolute atomic E-state index is 0.0459. The number of likely N-dealkylation sites (N-methyl/N-ethyl adjacent to an activating group) is 1. The van der Waals surface area contributed by atoms with E-state index >= 15 is 4.39 Å².